The number of ether oxygens (including phenoxy) is 1. The molecule has 162 valence electrons. The molecule has 0 spiro atoms. The Labute approximate surface area is 182 Å². The van der Waals surface area contributed by atoms with Gasteiger partial charge in [-0.2, -0.15) is 0 Å². The smallest absolute Gasteiger partial charge is 0.269 e. The molecule has 3 rings (SSSR count). The van der Waals surface area contributed by atoms with E-state index in [-0.39, 0.29) is 36.3 Å². The molecule has 0 saturated carbocycles. The number of thioether (sulfide) groups is 1. The van der Waals surface area contributed by atoms with Gasteiger partial charge in [0.1, 0.15) is 5.75 Å². The van der Waals surface area contributed by atoms with Gasteiger partial charge in [0.2, 0.25) is 17.7 Å². The van der Waals surface area contributed by atoms with Crippen LogP contribution in [0.2, 0.25) is 0 Å². The van der Waals surface area contributed by atoms with Crippen LogP contribution in [0.5, 0.6) is 5.75 Å². The second-order valence-corrected chi connectivity index (χ2v) is 7.97. The van der Waals surface area contributed by atoms with Gasteiger partial charge in [-0.05, 0) is 43.3 Å². The number of rotatable bonds is 9. The van der Waals surface area contributed by atoms with Crippen LogP contribution in [0.25, 0.3) is 0 Å². The van der Waals surface area contributed by atoms with Crippen LogP contribution in [0.4, 0.5) is 17.1 Å². The maximum atomic E-state index is 12.7. The summed E-state index contributed by atoms with van der Waals surface area (Å²) in [6, 6.07) is 12.3. The van der Waals surface area contributed by atoms with Gasteiger partial charge in [-0.3, -0.25) is 24.5 Å². The van der Waals surface area contributed by atoms with Crippen molar-refractivity contribution in [2.24, 2.45) is 0 Å². The van der Waals surface area contributed by atoms with Crippen molar-refractivity contribution < 1.29 is 24.0 Å². The Bertz CT molecular complexity index is 978. The van der Waals surface area contributed by atoms with Gasteiger partial charge in [0.15, 0.2) is 0 Å². The van der Waals surface area contributed by atoms with Gasteiger partial charge in [-0.25, -0.2) is 4.90 Å². The van der Waals surface area contributed by atoms with Crippen molar-refractivity contribution in [3.05, 3.63) is 58.6 Å². The van der Waals surface area contributed by atoms with Gasteiger partial charge in [0.05, 0.1) is 22.5 Å². The van der Waals surface area contributed by atoms with Gasteiger partial charge in [-0.15, -0.1) is 11.8 Å². The first-order chi connectivity index (χ1) is 14.9. The van der Waals surface area contributed by atoms with Crippen LogP contribution in [0.3, 0.4) is 0 Å². The second kappa shape index (κ2) is 10.1. The first-order valence-corrected chi connectivity index (χ1v) is 10.7. The molecule has 1 unspecified atom stereocenters. The third kappa shape index (κ3) is 5.60. The van der Waals surface area contributed by atoms with Gasteiger partial charge in [-0.1, -0.05) is 0 Å². The van der Waals surface area contributed by atoms with E-state index in [9.17, 15) is 24.5 Å². The Morgan fingerprint density at radius 1 is 1.19 bits per heavy atom. The number of imide groups is 1. The number of nitrogens with zero attached hydrogens (tertiary/aromatic N) is 2. The summed E-state index contributed by atoms with van der Waals surface area (Å²) in [4.78, 5) is 48.4. The van der Waals surface area contributed by atoms with Crippen molar-refractivity contribution >= 4 is 46.5 Å². The summed E-state index contributed by atoms with van der Waals surface area (Å²) < 4.78 is 5.37. The zero-order valence-corrected chi connectivity index (χ0v) is 17.6. The zero-order valence-electron chi connectivity index (χ0n) is 16.8. The number of nitro groups is 1. The van der Waals surface area contributed by atoms with Gasteiger partial charge >= 0.3 is 0 Å². The maximum absolute atomic E-state index is 12.7. The van der Waals surface area contributed by atoms with Crippen molar-refractivity contribution in [2.75, 3.05) is 22.6 Å². The lowest BCUT2D eigenvalue weighted by Crippen LogP contribution is -2.31. The van der Waals surface area contributed by atoms with Crippen LogP contribution in [-0.4, -0.2) is 40.3 Å². The minimum absolute atomic E-state index is 0.0601. The summed E-state index contributed by atoms with van der Waals surface area (Å²) in [5, 5.41) is 12.8. The highest BCUT2D eigenvalue weighted by molar-refractivity contribution is 8.00. The van der Waals surface area contributed by atoms with E-state index in [1.165, 1.54) is 40.9 Å². The first-order valence-electron chi connectivity index (χ1n) is 9.64. The van der Waals surface area contributed by atoms with E-state index in [2.05, 4.69) is 5.32 Å². The molecule has 3 amide bonds. The van der Waals surface area contributed by atoms with Gasteiger partial charge in [0, 0.05) is 36.4 Å². The highest BCUT2D eigenvalue weighted by Crippen LogP contribution is 2.31. The largest absolute Gasteiger partial charge is 0.494 e. The SMILES string of the molecule is CCOc1ccc(N2C(=O)CC(SCCC(=O)Nc3ccc([N+](=O)[O-])cc3)C2=O)cc1. The summed E-state index contributed by atoms with van der Waals surface area (Å²) in [5.41, 5.74) is 0.891. The number of anilines is 2. The molecule has 2 aromatic rings. The van der Waals surface area contributed by atoms with Crippen LogP contribution in [0.15, 0.2) is 48.5 Å². The number of carbonyl (C=O) groups is 3. The third-order valence-electron chi connectivity index (χ3n) is 4.52. The van der Waals surface area contributed by atoms with Crippen LogP contribution in [0.1, 0.15) is 19.8 Å². The predicted molar refractivity (Wildman–Crippen MR) is 117 cm³/mol. The molecule has 0 radical (unpaired) electrons. The number of nitro benzene ring substituents is 1. The topological polar surface area (TPSA) is 119 Å². The number of hydrogen-bond donors (Lipinski definition) is 1. The minimum Gasteiger partial charge on any atom is -0.494 e. The van der Waals surface area contributed by atoms with Crippen molar-refractivity contribution in [1.29, 1.82) is 0 Å². The van der Waals surface area contributed by atoms with Crippen molar-refractivity contribution in [3.8, 4) is 5.75 Å². The van der Waals surface area contributed by atoms with E-state index in [4.69, 9.17) is 4.74 Å². The Hall–Kier alpha value is -3.40. The van der Waals surface area contributed by atoms with Crippen molar-refractivity contribution in [3.63, 3.8) is 0 Å². The lowest BCUT2D eigenvalue weighted by molar-refractivity contribution is -0.384. The molecule has 1 heterocycles. The molecular weight excluding hydrogens is 422 g/mol. The average molecular weight is 443 g/mol. The normalized spacial score (nSPS) is 15.8. The van der Waals surface area contributed by atoms with Gasteiger partial charge < -0.3 is 10.1 Å². The molecule has 1 aliphatic heterocycles. The molecule has 1 N–H and O–H groups in total. The summed E-state index contributed by atoms with van der Waals surface area (Å²) in [5.74, 6) is 0.174. The molecule has 1 saturated heterocycles. The fourth-order valence-electron chi connectivity index (χ4n) is 3.05. The van der Waals surface area contributed by atoms with Crippen molar-refractivity contribution in [1.82, 2.24) is 0 Å². The molecule has 0 bridgehead atoms. The molecule has 31 heavy (non-hydrogen) atoms. The summed E-state index contributed by atoms with van der Waals surface area (Å²) in [6.45, 7) is 2.40. The van der Waals surface area contributed by atoms with Gasteiger partial charge in [0.25, 0.3) is 5.69 Å². The molecule has 0 aromatic heterocycles. The van der Waals surface area contributed by atoms with E-state index >= 15 is 0 Å². The number of nitrogens with one attached hydrogen (secondary N) is 1. The maximum Gasteiger partial charge on any atom is 0.269 e. The minimum atomic E-state index is -0.536. The Morgan fingerprint density at radius 3 is 2.48 bits per heavy atom. The average Bonchev–Trinajstić information content (AvgIpc) is 3.02. The Morgan fingerprint density at radius 2 is 1.87 bits per heavy atom. The summed E-state index contributed by atoms with van der Waals surface area (Å²) in [7, 11) is 0. The number of non-ortho nitro benzene ring substituents is 1. The monoisotopic (exact) mass is 443 g/mol. The fraction of sp³-hybridized carbons (Fsp3) is 0.286. The van der Waals surface area contributed by atoms with Crippen LogP contribution in [-0.2, 0) is 14.4 Å². The van der Waals surface area contributed by atoms with E-state index in [1.807, 2.05) is 6.92 Å². The first kappa shape index (κ1) is 22.3. The number of hydrogen-bond acceptors (Lipinski definition) is 7. The molecule has 1 fully saturated rings. The predicted octanol–water partition coefficient (Wildman–Crippen LogP) is 3.39. The standard InChI is InChI=1S/C21H21N3O6S/c1-2-30-17-9-7-15(8-10-17)23-20(26)13-18(21(23)27)31-12-11-19(25)22-14-3-5-16(6-4-14)24(28)29/h3-10,18H,2,11-13H2,1H3,(H,22,25). The third-order valence-corrected chi connectivity index (χ3v) is 5.73. The zero-order chi connectivity index (χ0) is 22.4. The molecule has 2 aromatic carbocycles. The summed E-state index contributed by atoms with van der Waals surface area (Å²) in [6.07, 6.45) is 0.226. The molecule has 1 aliphatic rings. The molecule has 0 aliphatic carbocycles. The molecule has 1 atom stereocenters. The fourth-order valence-corrected chi connectivity index (χ4v) is 4.14. The Kier molecular flexibility index (Phi) is 7.24. The van der Waals surface area contributed by atoms with Crippen molar-refractivity contribution in [2.45, 2.75) is 25.0 Å². The molecular formula is C21H21N3O6S. The van der Waals surface area contributed by atoms with E-state index in [1.54, 1.807) is 24.3 Å². The van der Waals surface area contributed by atoms with E-state index < -0.39 is 10.2 Å². The Balaban J connectivity index is 1.49. The second-order valence-electron chi connectivity index (χ2n) is 6.66. The van der Waals surface area contributed by atoms with E-state index in [0.29, 0.717) is 29.5 Å². The molecule has 9 nitrogen and oxygen atoms in total. The number of amides is 3. The summed E-state index contributed by atoms with van der Waals surface area (Å²) >= 11 is 1.26. The van der Waals surface area contributed by atoms with E-state index in [0.717, 1.165) is 0 Å². The number of benzene rings is 2. The lowest BCUT2D eigenvalue weighted by atomic mass is 10.3. The van der Waals surface area contributed by atoms with Crippen LogP contribution < -0.4 is 15.0 Å². The quantitative estimate of drug-likeness (QED) is 0.358. The van der Waals surface area contributed by atoms with Crippen LogP contribution >= 0.6 is 11.8 Å². The number of carbonyl (C=O) groups excluding carboxylic acids is 3. The van der Waals surface area contributed by atoms with Crippen LogP contribution in [0, 0.1) is 10.1 Å². The molecule has 10 heteroatoms. The lowest BCUT2D eigenvalue weighted by Gasteiger charge is -2.15. The highest BCUT2D eigenvalue weighted by Gasteiger charge is 2.39. The highest BCUT2D eigenvalue weighted by atomic mass is 32.2.